The van der Waals surface area contributed by atoms with Crippen LogP contribution in [0.3, 0.4) is 0 Å². The van der Waals surface area contributed by atoms with Crippen molar-refractivity contribution >= 4 is 21.7 Å². The molecule has 0 saturated heterocycles. The van der Waals surface area contributed by atoms with Gasteiger partial charge in [0.2, 0.25) is 0 Å². The first kappa shape index (κ1) is 12.6. The number of aromatic nitrogens is 2. The van der Waals surface area contributed by atoms with Gasteiger partial charge in [-0.05, 0) is 41.6 Å². The van der Waals surface area contributed by atoms with Gasteiger partial charge in [-0.1, -0.05) is 20.8 Å². The lowest BCUT2D eigenvalue weighted by atomic mass is 9.91. The van der Waals surface area contributed by atoms with Crippen molar-refractivity contribution in [2.45, 2.75) is 47.1 Å². The molecule has 15 heavy (non-hydrogen) atoms. The summed E-state index contributed by atoms with van der Waals surface area (Å²) in [4.78, 5) is 0. The molecule has 1 aromatic heterocycles. The van der Waals surface area contributed by atoms with Crippen molar-refractivity contribution in [1.82, 2.24) is 9.78 Å². The highest BCUT2D eigenvalue weighted by molar-refractivity contribution is 9.10. The van der Waals surface area contributed by atoms with Crippen LogP contribution in [-0.2, 0) is 6.42 Å². The fraction of sp³-hybridized carbons (Fsp3) is 0.727. The largest absolute Gasteiger partial charge is 0.383 e. The molecular formula is C11H20BrN3. The van der Waals surface area contributed by atoms with E-state index in [1.165, 1.54) is 0 Å². The first-order chi connectivity index (χ1) is 6.72. The van der Waals surface area contributed by atoms with Gasteiger partial charge in [0.05, 0.1) is 10.2 Å². The van der Waals surface area contributed by atoms with Crippen molar-refractivity contribution in [1.29, 1.82) is 0 Å². The minimum atomic E-state index is 0.227. The second kappa shape index (κ2) is 4.16. The minimum Gasteiger partial charge on any atom is -0.383 e. The Hall–Kier alpha value is -0.510. The average Bonchev–Trinajstić information content (AvgIpc) is 2.30. The summed E-state index contributed by atoms with van der Waals surface area (Å²) in [7, 11) is 0. The van der Waals surface area contributed by atoms with Crippen LogP contribution in [0.2, 0.25) is 0 Å². The molecule has 0 radical (unpaired) electrons. The summed E-state index contributed by atoms with van der Waals surface area (Å²) in [6.07, 6.45) is 0.928. The van der Waals surface area contributed by atoms with Gasteiger partial charge in [0.1, 0.15) is 5.82 Å². The maximum Gasteiger partial charge on any atom is 0.136 e. The van der Waals surface area contributed by atoms with Crippen LogP contribution < -0.4 is 5.73 Å². The van der Waals surface area contributed by atoms with Crippen LogP contribution in [0.5, 0.6) is 0 Å². The van der Waals surface area contributed by atoms with Crippen LogP contribution in [0.15, 0.2) is 4.47 Å². The summed E-state index contributed by atoms with van der Waals surface area (Å²) in [6, 6.07) is 0.301. The van der Waals surface area contributed by atoms with Gasteiger partial charge in [0.25, 0.3) is 0 Å². The van der Waals surface area contributed by atoms with E-state index in [0.717, 1.165) is 22.4 Å². The topological polar surface area (TPSA) is 43.8 Å². The molecule has 4 heteroatoms. The van der Waals surface area contributed by atoms with E-state index in [4.69, 9.17) is 5.73 Å². The van der Waals surface area contributed by atoms with Crippen molar-refractivity contribution in [2.75, 3.05) is 5.73 Å². The van der Waals surface area contributed by atoms with Crippen molar-refractivity contribution in [2.24, 2.45) is 5.41 Å². The Kier molecular flexibility index (Phi) is 3.48. The highest BCUT2D eigenvalue weighted by atomic mass is 79.9. The third kappa shape index (κ3) is 2.97. The molecule has 0 unspecified atom stereocenters. The van der Waals surface area contributed by atoms with Crippen molar-refractivity contribution < 1.29 is 0 Å². The quantitative estimate of drug-likeness (QED) is 0.898. The molecule has 86 valence electrons. The molecule has 3 nitrogen and oxygen atoms in total. The fourth-order valence-electron chi connectivity index (χ4n) is 1.49. The Bertz CT molecular complexity index is 347. The molecule has 0 spiro atoms. The van der Waals surface area contributed by atoms with Crippen LogP contribution in [-0.4, -0.2) is 9.78 Å². The van der Waals surface area contributed by atoms with Crippen LogP contribution >= 0.6 is 15.9 Å². The van der Waals surface area contributed by atoms with E-state index in [-0.39, 0.29) is 5.41 Å². The first-order valence-corrected chi connectivity index (χ1v) is 6.04. The molecule has 0 saturated carbocycles. The lowest BCUT2D eigenvalue weighted by Gasteiger charge is -2.16. The van der Waals surface area contributed by atoms with Crippen molar-refractivity contribution in [3.05, 3.63) is 10.2 Å². The molecule has 0 aliphatic rings. The van der Waals surface area contributed by atoms with Crippen LogP contribution in [0.4, 0.5) is 5.82 Å². The lowest BCUT2D eigenvalue weighted by molar-refractivity contribution is 0.400. The van der Waals surface area contributed by atoms with E-state index in [1.807, 2.05) is 4.68 Å². The zero-order valence-corrected chi connectivity index (χ0v) is 11.7. The number of hydrogen-bond acceptors (Lipinski definition) is 2. The smallest absolute Gasteiger partial charge is 0.136 e. The number of anilines is 1. The second-order valence-electron chi connectivity index (χ2n) is 5.42. The third-order valence-corrected chi connectivity index (χ3v) is 3.00. The normalized spacial score (nSPS) is 12.5. The summed E-state index contributed by atoms with van der Waals surface area (Å²) in [5, 5.41) is 4.54. The molecular weight excluding hydrogens is 254 g/mol. The van der Waals surface area contributed by atoms with E-state index in [9.17, 15) is 0 Å². The molecule has 1 aromatic rings. The molecule has 1 heterocycles. The van der Waals surface area contributed by atoms with Gasteiger partial charge in [-0.25, -0.2) is 4.68 Å². The molecule has 0 amide bonds. The van der Waals surface area contributed by atoms with Gasteiger partial charge < -0.3 is 5.73 Å². The van der Waals surface area contributed by atoms with Crippen LogP contribution in [0.25, 0.3) is 0 Å². The third-order valence-electron chi connectivity index (χ3n) is 2.14. The van der Waals surface area contributed by atoms with E-state index >= 15 is 0 Å². The Balaban J connectivity index is 3.06. The second-order valence-corrected chi connectivity index (χ2v) is 6.21. The molecule has 0 aromatic carbocycles. The Morgan fingerprint density at radius 3 is 2.27 bits per heavy atom. The van der Waals surface area contributed by atoms with Gasteiger partial charge in [0.15, 0.2) is 0 Å². The maximum atomic E-state index is 5.98. The highest BCUT2D eigenvalue weighted by Crippen LogP contribution is 2.30. The van der Waals surface area contributed by atoms with Gasteiger partial charge >= 0.3 is 0 Å². The van der Waals surface area contributed by atoms with Crippen molar-refractivity contribution in [3.8, 4) is 0 Å². The van der Waals surface area contributed by atoms with Gasteiger partial charge in [0, 0.05) is 6.04 Å². The van der Waals surface area contributed by atoms with E-state index in [0.29, 0.717) is 6.04 Å². The van der Waals surface area contributed by atoms with Crippen molar-refractivity contribution in [3.63, 3.8) is 0 Å². The number of nitrogen functional groups attached to an aromatic ring is 1. The van der Waals surface area contributed by atoms with Gasteiger partial charge in [-0.3, -0.25) is 0 Å². The molecule has 2 N–H and O–H groups in total. The number of nitrogens with two attached hydrogens (primary N) is 1. The van der Waals surface area contributed by atoms with Gasteiger partial charge in [-0.15, -0.1) is 0 Å². The molecule has 0 aliphatic carbocycles. The monoisotopic (exact) mass is 273 g/mol. The first-order valence-electron chi connectivity index (χ1n) is 5.24. The number of rotatable bonds is 2. The zero-order valence-electron chi connectivity index (χ0n) is 10.1. The van der Waals surface area contributed by atoms with Crippen LogP contribution in [0, 0.1) is 5.41 Å². The van der Waals surface area contributed by atoms with E-state index < -0.39 is 0 Å². The Morgan fingerprint density at radius 2 is 1.93 bits per heavy atom. The molecule has 0 aliphatic heterocycles. The minimum absolute atomic E-state index is 0.227. The predicted octanol–water partition coefficient (Wildman–Crippen LogP) is 3.40. The Labute approximate surface area is 100 Å². The number of hydrogen-bond donors (Lipinski definition) is 1. The lowest BCUT2D eigenvalue weighted by Crippen LogP contribution is -2.11. The number of nitrogens with zero attached hydrogens (tertiary/aromatic N) is 2. The zero-order chi connectivity index (χ0) is 11.8. The molecule has 1 rings (SSSR count). The summed E-state index contributed by atoms with van der Waals surface area (Å²) < 4.78 is 2.82. The van der Waals surface area contributed by atoms with E-state index in [2.05, 4.69) is 55.6 Å². The average molecular weight is 274 g/mol. The highest BCUT2D eigenvalue weighted by Gasteiger charge is 2.20. The number of halogens is 1. The summed E-state index contributed by atoms with van der Waals surface area (Å²) in [5.41, 5.74) is 7.25. The summed E-state index contributed by atoms with van der Waals surface area (Å²) >= 11 is 3.51. The van der Waals surface area contributed by atoms with Crippen LogP contribution in [0.1, 0.15) is 46.4 Å². The summed E-state index contributed by atoms with van der Waals surface area (Å²) in [6.45, 7) is 10.8. The SMILES string of the molecule is CC(C)n1nc(CC(C)(C)C)c(Br)c1N. The maximum absolute atomic E-state index is 5.98. The Morgan fingerprint density at radius 1 is 1.40 bits per heavy atom. The molecule has 0 bridgehead atoms. The standard InChI is InChI=1S/C11H20BrN3/c1-7(2)15-10(13)9(12)8(14-15)6-11(3,4)5/h7H,6,13H2,1-5H3. The summed E-state index contributed by atoms with van der Waals surface area (Å²) in [5.74, 6) is 0.726. The molecule has 0 fully saturated rings. The van der Waals surface area contributed by atoms with E-state index in [1.54, 1.807) is 0 Å². The van der Waals surface area contributed by atoms with Gasteiger partial charge in [-0.2, -0.15) is 5.10 Å². The fourth-order valence-corrected chi connectivity index (χ4v) is 1.89. The molecule has 0 atom stereocenters. The predicted molar refractivity (Wildman–Crippen MR) is 67.9 cm³/mol.